The van der Waals surface area contributed by atoms with Gasteiger partial charge in [-0.05, 0) is 35.7 Å². The monoisotopic (exact) mass is 332 g/mol. The number of hydrogen-bond acceptors (Lipinski definition) is 2. The van der Waals surface area contributed by atoms with Crippen LogP contribution in [0.15, 0.2) is 48.5 Å². The zero-order valence-electron chi connectivity index (χ0n) is 13.0. The fourth-order valence-corrected chi connectivity index (χ4v) is 2.29. The summed E-state index contributed by atoms with van der Waals surface area (Å²) in [6.07, 6.45) is 0.171. The van der Waals surface area contributed by atoms with Gasteiger partial charge in [-0.25, -0.2) is 8.78 Å². The van der Waals surface area contributed by atoms with Crippen LogP contribution in [-0.2, 0) is 22.4 Å². The first-order chi connectivity index (χ1) is 11.5. The first-order valence-corrected chi connectivity index (χ1v) is 7.49. The van der Waals surface area contributed by atoms with Crippen molar-refractivity contribution >= 4 is 11.8 Å². The SMILES string of the molecule is NC(=O)[C@@H](CNC(=O)Cc1ccccc1F)Cc1ccc(F)cc1. The third-order valence-corrected chi connectivity index (χ3v) is 3.65. The van der Waals surface area contributed by atoms with E-state index in [4.69, 9.17) is 5.73 Å². The molecule has 0 aromatic heterocycles. The van der Waals surface area contributed by atoms with Crippen LogP contribution in [0.2, 0.25) is 0 Å². The smallest absolute Gasteiger partial charge is 0.224 e. The average Bonchev–Trinajstić information content (AvgIpc) is 2.55. The van der Waals surface area contributed by atoms with Crippen molar-refractivity contribution in [2.75, 3.05) is 6.54 Å². The third-order valence-electron chi connectivity index (χ3n) is 3.65. The molecule has 0 aliphatic rings. The molecule has 2 aromatic rings. The fourth-order valence-electron chi connectivity index (χ4n) is 2.29. The van der Waals surface area contributed by atoms with E-state index in [0.717, 1.165) is 5.56 Å². The number of hydrogen-bond donors (Lipinski definition) is 2. The van der Waals surface area contributed by atoms with Crippen molar-refractivity contribution in [1.29, 1.82) is 0 Å². The molecule has 0 heterocycles. The van der Waals surface area contributed by atoms with E-state index in [-0.39, 0.29) is 30.8 Å². The highest BCUT2D eigenvalue weighted by molar-refractivity contribution is 5.81. The van der Waals surface area contributed by atoms with Crippen molar-refractivity contribution in [1.82, 2.24) is 5.32 Å². The Labute approximate surface area is 138 Å². The normalized spacial score (nSPS) is 11.8. The van der Waals surface area contributed by atoms with Crippen molar-refractivity contribution in [3.05, 3.63) is 71.3 Å². The predicted octanol–water partition coefficient (Wildman–Crippen LogP) is 1.97. The molecule has 126 valence electrons. The molecule has 0 bridgehead atoms. The lowest BCUT2D eigenvalue weighted by Gasteiger charge is -2.14. The average molecular weight is 332 g/mol. The van der Waals surface area contributed by atoms with Gasteiger partial charge >= 0.3 is 0 Å². The van der Waals surface area contributed by atoms with Crippen LogP contribution in [0.25, 0.3) is 0 Å². The maximum absolute atomic E-state index is 13.5. The number of halogens is 2. The second-order valence-corrected chi connectivity index (χ2v) is 5.50. The van der Waals surface area contributed by atoms with Gasteiger partial charge in [-0.15, -0.1) is 0 Å². The van der Waals surface area contributed by atoms with Crippen LogP contribution in [0.1, 0.15) is 11.1 Å². The van der Waals surface area contributed by atoms with E-state index in [1.807, 2.05) is 0 Å². The number of primary amides is 1. The van der Waals surface area contributed by atoms with Gasteiger partial charge in [-0.1, -0.05) is 30.3 Å². The summed E-state index contributed by atoms with van der Waals surface area (Å²) in [5, 5.41) is 2.59. The first-order valence-electron chi connectivity index (χ1n) is 7.49. The number of benzene rings is 2. The van der Waals surface area contributed by atoms with Crippen LogP contribution in [0.5, 0.6) is 0 Å². The molecule has 0 unspecified atom stereocenters. The van der Waals surface area contributed by atoms with Crippen LogP contribution in [0, 0.1) is 17.6 Å². The van der Waals surface area contributed by atoms with Crippen LogP contribution < -0.4 is 11.1 Å². The minimum atomic E-state index is -0.625. The first kappa shape index (κ1) is 17.6. The van der Waals surface area contributed by atoms with Gasteiger partial charge in [0.25, 0.3) is 0 Å². The lowest BCUT2D eigenvalue weighted by molar-refractivity contribution is -0.123. The summed E-state index contributed by atoms with van der Waals surface area (Å²) in [5.41, 5.74) is 6.37. The Hall–Kier alpha value is -2.76. The fraction of sp³-hybridized carbons (Fsp3) is 0.222. The van der Waals surface area contributed by atoms with E-state index in [9.17, 15) is 18.4 Å². The van der Waals surface area contributed by atoms with E-state index >= 15 is 0 Å². The highest BCUT2D eigenvalue weighted by Gasteiger charge is 2.17. The second kappa shape index (κ2) is 8.19. The Morgan fingerprint density at radius 2 is 1.71 bits per heavy atom. The predicted molar refractivity (Wildman–Crippen MR) is 85.9 cm³/mol. The lowest BCUT2D eigenvalue weighted by Crippen LogP contribution is -2.37. The molecule has 2 amide bonds. The molecule has 2 aromatic carbocycles. The second-order valence-electron chi connectivity index (χ2n) is 5.50. The van der Waals surface area contributed by atoms with Gasteiger partial charge in [-0.3, -0.25) is 9.59 Å². The van der Waals surface area contributed by atoms with Gasteiger partial charge in [0.05, 0.1) is 12.3 Å². The number of rotatable bonds is 7. The molecular formula is C18H18F2N2O2. The minimum absolute atomic E-state index is 0.0417. The molecule has 2 rings (SSSR count). The molecule has 0 spiro atoms. The highest BCUT2D eigenvalue weighted by atomic mass is 19.1. The molecule has 0 saturated heterocycles. The largest absolute Gasteiger partial charge is 0.369 e. The molecule has 0 aliphatic heterocycles. The van der Waals surface area contributed by atoms with Crippen LogP contribution in [-0.4, -0.2) is 18.4 Å². The van der Waals surface area contributed by atoms with Crippen LogP contribution in [0.3, 0.4) is 0 Å². The zero-order chi connectivity index (χ0) is 17.5. The van der Waals surface area contributed by atoms with Crippen molar-refractivity contribution in [2.45, 2.75) is 12.8 Å². The van der Waals surface area contributed by atoms with Gasteiger partial charge < -0.3 is 11.1 Å². The zero-order valence-corrected chi connectivity index (χ0v) is 13.0. The number of nitrogens with one attached hydrogen (secondary N) is 1. The molecule has 0 radical (unpaired) electrons. The summed E-state index contributed by atoms with van der Waals surface area (Å²) in [5.74, 6) is -2.41. The van der Waals surface area contributed by atoms with Crippen molar-refractivity contribution in [3.63, 3.8) is 0 Å². The number of carbonyl (C=O) groups is 2. The molecule has 0 aliphatic carbocycles. The maximum atomic E-state index is 13.5. The Kier molecular flexibility index (Phi) is 6.01. The van der Waals surface area contributed by atoms with Gasteiger partial charge in [0, 0.05) is 6.54 Å². The van der Waals surface area contributed by atoms with Crippen molar-refractivity contribution < 1.29 is 18.4 Å². The summed E-state index contributed by atoms with van der Waals surface area (Å²) in [7, 11) is 0. The van der Waals surface area contributed by atoms with E-state index in [2.05, 4.69) is 5.32 Å². The van der Waals surface area contributed by atoms with Crippen LogP contribution in [0.4, 0.5) is 8.78 Å². The van der Waals surface area contributed by atoms with Crippen molar-refractivity contribution in [2.24, 2.45) is 11.7 Å². The van der Waals surface area contributed by atoms with Gasteiger partial charge in [-0.2, -0.15) is 0 Å². The number of carbonyl (C=O) groups excluding carboxylic acids is 2. The van der Waals surface area contributed by atoms with Gasteiger partial charge in [0.15, 0.2) is 0 Å². The summed E-state index contributed by atoms with van der Waals surface area (Å²) >= 11 is 0. The molecule has 0 saturated carbocycles. The van der Waals surface area contributed by atoms with E-state index in [0.29, 0.717) is 0 Å². The molecule has 4 nitrogen and oxygen atoms in total. The van der Waals surface area contributed by atoms with Gasteiger partial charge in [0.1, 0.15) is 11.6 Å². The van der Waals surface area contributed by atoms with Crippen LogP contribution >= 0.6 is 0 Å². The molecule has 1 atom stereocenters. The maximum Gasteiger partial charge on any atom is 0.224 e. The summed E-state index contributed by atoms with van der Waals surface area (Å²) < 4.78 is 26.4. The Morgan fingerprint density at radius 3 is 2.33 bits per heavy atom. The van der Waals surface area contributed by atoms with E-state index in [1.165, 1.54) is 24.3 Å². The highest BCUT2D eigenvalue weighted by Crippen LogP contribution is 2.10. The molecular weight excluding hydrogens is 314 g/mol. The Balaban J connectivity index is 1.91. The van der Waals surface area contributed by atoms with Gasteiger partial charge in [0.2, 0.25) is 11.8 Å². The Bertz CT molecular complexity index is 717. The Morgan fingerprint density at radius 1 is 1.04 bits per heavy atom. The summed E-state index contributed by atoms with van der Waals surface area (Å²) in [4.78, 5) is 23.4. The van der Waals surface area contributed by atoms with E-state index in [1.54, 1.807) is 24.3 Å². The lowest BCUT2D eigenvalue weighted by atomic mass is 9.98. The molecule has 24 heavy (non-hydrogen) atoms. The topological polar surface area (TPSA) is 72.2 Å². The number of amides is 2. The summed E-state index contributed by atoms with van der Waals surface area (Å²) in [6, 6.07) is 11.7. The van der Waals surface area contributed by atoms with E-state index < -0.39 is 23.5 Å². The molecule has 0 fully saturated rings. The summed E-state index contributed by atoms with van der Waals surface area (Å²) in [6.45, 7) is 0.0417. The standard InChI is InChI=1S/C18H18F2N2O2/c19-15-7-5-12(6-8-15)9-14(18(21)24)11-22-17(23)10-13-3-1-2-4-16(13)20/h1-8,14H,9-11H2,(H2,21,24)(H,22,23)/t14-/m1/s1. The third kappa shape index (κ3) is 5.15. The number of nitrogens with two attached hydrogens (primary N) is 1. The molecule has 6 heteroatoms. The minimum Gasteiger partial charge on any atom is -0.369 e. The quantitative estimate of drug-likeness (QED) is 0.814. The van der Waals surface area contributed by atoms with Crippen molar-refractivity contribution in [3.8, 4) is 0 Å². The molecule has 3 N–H and O–H groups in total.